The molecule has 2 heterocycles. The number of amides is 1. The van der Waals surface area contributed by atoms with E-state index >= 15 is 0 Å². The summed E-state index contributed by atoms with van der Waals surface area (Å²) in [7, 11) is 1.56. The molecule has 8 heteroatoms. The van der Waals surface area contributed by atoms with Crippen molar-refractivity contribution in [1.29, 1.82) is 0 Å². The minimum absolute atomic E-state index is 0.139. The summed E-state index contributed by atoms with van der Waals surface area (Å²) < 4.78 is 17.5. The van der Waals surface area contributed by atoms with Crippen molar-refractivity contribution in [2.75, 3.05) is 13.1 Å². The van der Waals surface area contributed by atoms with E-state index in [1.165, 1.54) is 15.3 Å². The molecule has 1 amide bonds. The second kappa shape index (κ2) is 7.11. The van der Waals surface area contributed by atoms with Crippen LogP contribution in [0.2, 0.25) is 0 Å². The third-order valence-electron chi connectivity index (χ3n) is 4.55. The fourth-order valence-corrected chi connectivity index (χ4v) is 3.59. The van der Waals surface area contributed by atoms with Crippen molar-refractivity contribution in [3.63, 3.8) is 0 Å². The van der Waals surface area contributed by atoms with Gasteiger partial charge in [-0.05, 0) is 30.5 Å². The molecule has 1 atom stereocenters. The number of nitrogens with zero attached hydrogens (tertiary/aromatic N) is 4. The van der Waals surface area contributed by atoms with Crippen LogP contribution in [0, 0.1) is 11.7 Å². The van der Waals surface area contributed by atoms with Crippen LogP contribution >= 0.6 is 15.9 Å². The van der Waals surface area contributed by atoms with E-state index < -0.39 is 5.82 Å². The van der Waals surface area contributed by atoms with Gasteiger partial charge < -0.3 is 4.90 Å². The zero-order valence-electron chi connectivity index (χ0n) is 14.2. The monoisotopic (exact) mass is 410 g/mol. The largest absolute Gasteiger partial charge is 0.350 e. The molecule has 1 aromatic carbocycles. The predicted molar refractivity (Wildman–Crippen MR) is 95.1 cm³/mol. The molecule has 2 aromatic rings. The van der Waals surface area contributed by atoms with Crippen LogP contribution in [-0.4, -0.2) is 38.2 Å². The van der Waals surface area contributed by atoms with Gasteiger partial charge in [-0.25, -0.2) is 18.4 Å². The highest BCUT2D eigenvalue weighted by atomic mass is 79.9. The Morgan fingerprint density at radius 2 is 2.20 bits per heavy atom. The molecule has 1 aliphatic heterocycles. The van der Waals surface area contributed by atoms with Crippen molar-refractivity contribution in [2.24, 2.45) is 13.0 Å². The molecule has 0 radical (unpaired) electrons. The second-order valence-corrected chi connectivity index (χ2v) is 7.22. The number of aryl methyl sites for hydroxylation is 1. The SMILES string of the molecule is CCC(=O)N1CC[C@@H](Cc2nn(C)c(=O)n2-c2ccc(Br)cc2F)C1. The number of halogens is 2. The summed E-state index contributed by atoms with van der Waals surface area (Å²) in [6, 6.07) is 4.59. The van der Waals surface area contributed by atoms with Crippen LogP contribution in [0.3, 0.4) is 0 Å². The van der Waals surface area contributed by atoms with Crippen molar-refractivity contribution < 1.29 is 9.18 Å². The number of carbonyl (C=O) groups is 1. The lowest BCUT2D eigenvalue weighted by molar-refractivity contribution is -0.129. The standard InChI is InChI=1S/C17H20BrFN4O2/c1-3-16(24)22-7-6-11(10-22)8-15-20-21(2)17(25)23(15)14-5-4-12(18)9-13(14)19/h4-5,9,11H,3,6-8,10H2,1-2H3/t11-/m0/s1. The second-order valence-electron chi connectivity index (χ2n) is 6.31. The first-order chi connectivity index (χ1) is 11.9. The first kappa shape index (κ1) is 17.8. The molecule has 1 aromatic heterocycles. The number of carbonyl (C=O) groups excluding carboxylic acids is 1. The fraction of sp³-hybridized carbons (Fsp3) is 0.471. The summed E-state index contributed by atoms with van der Waals surface area (Å²) in [6.45, 7) is 3.23. The first-order valence-corrected chi connectivity index (χ1v) is 9.08. The summed E-state index contributed by atoms with van der Waals surface area (Å²) in [4.78, 5) is 26.1. The van der Waals surface area contributed by atoms with Gasteiger partial charge in [0.05, 0.1) is 5.69 Å². The average molecular weight is 411 g/mol. The number of benzene rings is 1. The molecule has 134 valence electrons. The van der Waals surface area contributed by atoms with E-state index in [9.17, 15) is 14.0 Å². The van der Waals surface area contributed by atoms with Gasteiger partial charge in [-0.2, -0.15) is 5.10 Å². The van der Waals surface area contributed by atoms with Gasteiger partial charge >= 0.3 is 5.69 Å². The lowest BCUT2D eigenvalue weighted by Crippen LogP contribution is -2.28. The first-order valence-electron chi connectivity index (χ1n) is 8.28. The average Bonchev–Trinajstić information content (AvgIpc) is 3.14. The van der Waals surface area contributed by atoms with Crippen LogP contribution in [0.5, 0.6) is 0 Å². The number of rotatable bonds is 4. The molecule has 0 aliphatic carbocycles. The van der Waals surface area contributed by atoms with Gasteiger partial charge in [-0.15, -0.1) is 0 Å². The molecular weight excluding hydrogens is 391 g/mol. The van der Waals surface area contributed by atoms with Gasteiger partial charge in [0.15, 0.2) is 0 Å². The summed E-state index contributed by atoms with van der Waals surface area (Å²) >= 11 is 3.22. The fourth-order valence-electron chi connectivity index (χ4n) is 3.26. The smallest absolute Gasteiger partial charge is 0.342 e. The Morgan fingerprint density at radius 3 is 2.88 bits per heavy atom. The molecule has 0 N–H and O–H groups in total. The van der Waals surface area contributed by atoms with E-state index in [2.05, 4.69) is 21.0 Å². The molecule has 1 fully saturated rings. The van der Waals surface area contributed by atoms with Crippen LogP contribution in [0.25, 0.3) is 5.69 Å². The Hall–Kier alpha value is -1.96. The summed E-state index contributed by atoms with van der Waals surface area (Å²) in [5, 5.41) is 4.29. The summed E-state index contributed by atoms with van der Waals surface area (Å²) in [6.07, 6.45) is 1.88. The van der Waals surface area contributed by atoms with Crippen molar-refractivity contribution in [1.82, 2.24) is 19.2 Å². The molecular formula is C17H20BrFN4O2. The lowest BCUT2D eigenvalue weighted by Gasteiger charge is -2.15. The highest BCUT2D eigenvalue weighted by Gasteiger charge is 2.28. The minimum atomic E-state index is -0.486. The zero-order valence-corrected chi connectivity index (χ0v) is 15.8. The van der Waals surface area contributed by atoms with Crippen LogP contribution in [0.15, 0.2) is 27.5 Å². The maximum atomic E-state index is 14.4. The van der Waals surface area contributed by atoms with Crippen molar-refractivity contribution in [3.8, 4) is 5.69 Å². The van der Waals surface area contributed by atoms with Gasteiger partial charge in [0.25, 0.3) is 0 Å². The molecule has 6 nitrogen and oxygen atoms in total. The predicted octanol–water partition coefficient (Wildman–Crippen LogP) is 2.27. The third kappa shape index (κ3) is 3.53. The zero-order chi connectivity index (χ0) is 18.1. The number of hydrogen-bond donors (Lipinski definition) is 0. The minimum Gasteiger partial charge on any atom is -0.342 e. The van der Waals surface area contributed by atoms with E-state index in [-0.39, 0.29) is 23.2 Å². The van der Waals surface area contributed by atoms with Crippen molar-refractivity contribution >= 4 is 21.8 Å². The maximum absolute atomic E-state index is 14.4. The number of likely N-dealkylation sites (tertiary alicyclic amines) is 1. The van der Waals surface area contributed by atoms with E-state index in [1.807, 2.05) is 11.8 Å². The quantitative estimate of drug-likeness (QED) is 0.776. The highest BCUT2D eigenvalue weighted by Crippen LogP contribution is 2.23. The lowest BCUT2D eigenvalue weighted by atomic mass is 10.0. The number of hydrogen-bond acceptors (Lipinski definition) is 3. The van der Waals surface area contributed by atoms with Crippen molar-refractivity contribution in [3.05, 3.63) is 44.8 Å². The molecule has 1 saturated heterocycles. The van der Waals surface area contributed by atoms with Gasteiger partial charge in [0, 0.05) is 37.5 Å². The number of aromatic nitrogens is 3. The molecule has 0 unspecified atom stereocenters. The Kier molecular flexibility index (Phi) is 5.08. The maximum Gasteiger partial charge on any atom is 0.350 e. The van der Waals surface area contributed by atoms with E-state index in [0.29, 0.717) is 29.7 Å². The normalized spacial score (nSPS) is 17.3. The molecule has 1 aliphatic rings. The summed E-state index contributed by atoms with van der Waals surface area (Å²) in [5.74, 6) is 0.388. The topological polar surface area (TPSA) is 60.1 Å². The van der Waals surface area contributed by atoms with Gasteiger partial charge in [0.1, 0.15) is 11.6 Å². The van der Waals surface area contributed by atoms with Crippen LogP contribution < -0.4 is 5.69 Å². The van der Waals surface area contributed by atoms with Gasteiger partial charge in [-0.1, -0.05) is 22.9 Å². The van der Waals surface area contributed by atoms with Crippen molar-refractivity contribution in [2.45, 2.75) is 26.2 Å². The molecule has 25 heavy (non-hydrogen) atoms. The summed E-state index contributed by atoms with van der Waals surface area (Å²) in [5.41, 5.74) is -0.188. The Labute approximate surface area is 153 Å². The Morgan fingerprint density at radius 1 is 1.44 bits per heavy atom. The van der Waals surface area contributed by atoms with Gasteiger partial charge in [0.2, 0.25) is 5.91 Å². The molecule has 0 spiro atoms. The third-order valence-corrected chi connectivity index (χ3v) is 5.05. The van der Waals surface area contributed by atoms with E-state index in [0.717, 1.165) is 13.0 Å². The van der Waals surface area contributed by atoms with E-state index in [1.54, 1.807) is 19.2 Å². The van der Waals surface area contributed by atoms with Gasteiger partial charge in [-0.3, -0.25) is 4.79 Å². The van der Waals surface area contributed by atoms with E-state index in [4.69, 9.17) is 0 Å². The molecule has 0 saturated carbocycles. The molecule has 0 bridgehead atoms. The van der Waals surface area contributed by atoms with Crippen LogP contribution in [-0.2, 0) is 18.3 Å². The Balaban J connectivity index is 1.90. The van der Waals surface area contributed by atoms with Crippen LogP contribution in [0.1, 0.15) is 25.6 Å². The Bertz CT molecular complexity index is 861. The highest BCUT2D eigenvalue weighted by molar-refractivity contribution is 9.10. The molecule has 3 rings (SSSR count). The van der Waals surface area contributed by atoms with Crippen LogP contribution in [0.4, 0.5) is 4.39 Å².